The monoisotopic (exact) mass is 302 g/mol. The van der Waals surface area contributed by atoms with Crippen LogP contribution in [0.5, 0.6) is 0 Å². The highest BCUT2D eigenvalue weighted by molar-refractivity contribution is 9.10. The van der Waals surface area contributed by atoms with Gasteiger partial charge in [0, 0.05) is 12.1 Å². The Hall–Kier alpha value is -0.580. The molecule has 0 aliphatic carbocycles. The molecule has 0 radical (unpaired) electrons. The molecule has 0 saturated carbocycles. The van der Waals surface area contributed by atoms with Crippen molar-refractivity contribution in [2.45, 2.75) is 6.54 Å². The van der Waals surface area contributed by atoms with Crippen molar-refractivity contribution in [2.24, 2.45) is 0 Å². The van der Waals surface area contributed by atoms with Crippen molar-refractivity contribution in [3.8, 4) is 0 Å². The molecule has 2 aromatic heterocycles. The summed E-state index contributed by atoms with van der Waals surface area (Å²) >= 11 is 10.8. The number of hydrogen-bond acceptors (Lipinski definition) is 3. The van der Waals surface area contributed by atoms with Crippen molar-refractivity contribution >= 4 is 44.7 Å². The Kier molecular flexibility index (Phi) is 3.61. The highest BCUT2D eigenvalue weighted by Gasteiger charge is 2.01. The number of aromatic nitrogens is 1. The lowest BCUT2D eigenvalue weighted by Crippen LogP contribution is -2.00. The van der Waals surface area contributed by atoms with Crippen molar-refractivity contribution < 1.29 is 0 Å². The van der Waals surface area contributed by atoms with Gasteiger partial charge in [0.25, 0.3) is 0 Å². The number of hydrogen-bond donors (Lipinski definition) is 1. The first-order valence-corrected chi connectivity index (χ1v) is 6.39. The lowest BCUT2D eigenvalue weighted by molar-refractivity contribution is 1.11. The minimum Gasteiger partial charge on any atom is -0.366 e. The first-order valence-electron chi connectivity index (χ1n) is 4.34. The Balaban J connectivity index is 2.02. The average Bonchev–Trinajstić information content (AvgIpc) is 2.61. The number of thiophene rings is 1. The summed E-state index contributed by atoms with van der Waals surface area (Å²) in [5.41, 5.74) is 1.10. The zero-order valence-corrected chi connectivity index (χ0v) is 10.9. The number of nitrogens with one attached hydrogen (secondary N) is 1. The second-order valence-electron chi connectivity index (χ2n) is 2.92. The molecule has 0 aliphatic heterocycles. The van der Waals surface area contributed by atoms with E-state index in [1.54, 1.807) is 0 Å². The van der Waals surface area contributed by atoms with E-state index in [1.807, 2.05) is 29.6 Å². The predicted molar refractivity (Wildman–Crippen MR) is 68.6 cm³/mol. The number of nitrogens with zero attached hydrogens (tertiary/aromatic N) is 1. The molecule has 2 rings (SSSR count). The molecule has 0 unspecified atom stereocenters. The number of anilines is 1. The minimum absolute atomic E-state index is 0.700. The van der Waals surface area contributed by atoms with Crippen LogP contribution in [-0.2, 0) is 6.54 Å². The van der Waals surface area contributed by atoms with Crippen molar-refractivity contribution in [1.82, 2.24) is 4.98 Å². The summed E-state index contributed by atoms with van der Waals surface area (Å²) in [6.45, 7) is 0.700. The number of pyridine rings is 1. The quantitative estimate of drug-likeness (QED) is 0.861. The Morgan fingerprint density at radius 3 is 2.93 bits per heavy atom. The molecule has 5 heteroatoms. The van der Waals surface area contributed by atoms with Crippen LogP contribution in [0.1, 0.15) is 5.56 Å². The van der Waals surface area contributed by atoms with Crippen LogP contribution >= 0.6 is 38.9 Å². The van der Waals surface area contributed by atoms with Crippen LogP contribution in [0.4, 0.5) is 5.82 Å². The fourth-order valence-corrected chi connectivity index (χ4v) is 2.41. The van der Waals surface area contributed by atoms with Crippen molar-refractivity contribution in [2.75, 3.05) is 5.32 Å². The van der Waals surface area contributed by atoms with E-state index in [1.165, 1.54) is 11.3 Å². The summed E-state index contributed by atoms with van der Waals surface area (Å²) in [4.78, 5) is 4.27. The van der Waals surface area contributed by atoms with Gasteiger partial charge in [0.2, 0.25) is 0 Å². The normalized spacial score (nSPS) is 10.3. The molecule has 0 spiro atoms. The molecule has 1 N–H and O–H groups in total. The van der Waals surface area contributed by atoms with Gasteiger partial charge in [0.15, 0.2) is 0 Å². The van der Waals surface area contributed by atoms with Crippen LogP contribution < -0.4 is 5.32 Å². The van der Waals surface area contributed by atoms with Crippen molar-refractivity contribution in [3.63, 3.8) is 0 Å². The molecule has 0 bridgehead atoms. The van der Waals surface area contributed by atoms with Gasteiger partial charge in [0.05, 0.1) is 4.34 Å². The Labute approximate surface area is 105 Å². The van der Waals surface area contributed by atoms with Crippen molar-refractivity contribution in [3.05, 3.63) is 44.1 Å². The third-order valence-electron chi connectivity index (χ3n) is 1.87. The molecule has 0 aliphatic rings. The zero-order valence-electron chi connectivity index (χ0n) is 7.71. The van der Waals surface area contributed by atoms with Gasteiger partial charge >= 0.3 is 0 Å². The first kappa shape index (κ1) is 10.9. The average molecular weight is 304 g/mol. The van der Waals surface area contributed by atoms with E-state index in [4.69, 9.17) is 11.6 Å². The van der Waals surface area contributed by atoms with Gasteiger partial charge in [-0.1, -0.05) is 17.7 Å². The van der Waals surface area contributed by atoms with Gasteiger partial charge in [-0.3, -0.25) is 0 Å². The smallest absolute Gasteiger partial charge is 0.127 e. The molecule has 0 atom stereocenters. The molecule has 0 saturated heterocycles. The van der Waals surface area contributed by atoms with Gasteiger partial charge in [-0.05, 0) is 39.5 Å². The second-order valence-corrected chi connectivity index (χ2v) is 5.25. The maximum absolute atomic E-state index is 5.99. The topological polar surface area (TPSA) is 24.9 Å². The lowest BCUT2D eigenvalue weighted by Gasteiger charge is -2.04. The fraction of sp³-hybridized carbons (Fsp3) is 0.100. The summed E-state index contributed by atoms with van der Waals surface area (Å²) in [7, 11) is 0. The number of halogens is 2. The largest absolute Gasteiger partial charge is 0.366 e. The highest BCUT2D eigenvalue weighted by Crippen LogP contribution is 2.23. The van der Waals surface area contributed by atoms with Gasteiger partial charge in [-0.15, -0.1) is 11.3 Å². The third-order valence-corrected chi connectivity index (χ3v) is 3.56. The van der Waals surface area contributed by atoms with Crippen LogP contribution in [0.25, 0.3) is 0 Å². The summed E-state index contributed by atoms with van der Waals surface area (Å²) in [6.07, 6.45) is 0. The minimum atomic E-state index is 0.700. The maximum Gasteiger partial charge on any atom is 0.127 e. The van der Waals surface area contributed by atoms with E-state index in [9.17, 15) is 0 Å². The zero-order chi connectivity index (χ0) is 10.7. The predicted octanol–water partition coefficient (Wildman–Crippen LogP) is 4.17. The third kappa shape index (κ3) is 2.93. The molecule has 2 aromatic rings. The van der Waals surface area contributed by atoms with Gasteiger partial charge in [-0.2, -0.15) is 0 Å². The van der Waals surface area contributed by atoms with E-state index in [2.05, 4.69) is 26.2 Å². The van der Waals surface area contributed by atoms with E-state index in [0.29, 0.717) is 6.54 Å². The fourth-order valence-electron chi connectivity index (χ4n) is 1.14. The maximum atomic E-state index is 5.99. The van der Waals surface area contributed by atoms with E-state index < -0.39 is 0 Å². The molecular weight excluding hydrogens is 296 g/mol. The standard InChI is InChI=1S/C10H8BrClN2S/c11-8-2-1-3-9(14-8)13-6-7-4-5-15-10(7)12/h1-5H,6H2,(H,13,14). The summed E-state index contributed by atoms with van der Waals surface area (Å²) in [5.74, 6) is 0.839. The molecule has 15 heavy (non-hydrogen) atoms. The number of rotatable bonds is 3. The SMILES string of the molecule is Clc1sccc1CNc1cccc(Br)n1. The van der Waals surface area contributed by atoms with E-state index in [-0.39, 0.29) is 0 Å². The molecule has 2 nitrogen and oxygen atoms in total. The molecule has 0 amide bonds. The van der Waals surface area contributed by atoms with Gasteiger partial charge in [-0.25, -0.2) is 4.98 Å². The Bertz CT molecular complexity index is 458. The van der Waals surface area contributed by atoms with Gasteiger partial charge < -0.3 is 5.32 Å². The summed E-state index contributed by atoms with van der Waals surface area (Å²) < 4.78 is 1.65. The van der Waals surface area contributed by atoms with Gasteiger partial charge in [0.1, 0.15) is 10.4 Å². The summed E-state index contributed by atoms with van der Waals surface area (Å²) in [6, 6.07) is 7.76. The van der Waals surface area contributed by atoms with Crippen LogP contribution in [0.15, 0.2) is 34.2 Å². The van der Waals surface area contributed by atoms with Crippen LogP contribution in [-0.4, -0.2) is 4.98 Å². The lowest BCUT2D eigenvalue weighted by atomic mass is 10.3. The Morgan fingerprint density at radius 2 is 2.27 bits per heavy atom. The van der Waals surface area contributed by atoms with Crippen LogP contribution in [0.2, 0.25) is 4.34 Å². The molecule has 0 aromatic carbocycles. The van der Waals surface area contributed by atoms with Crippen molar-refractivity contribution in [1.29, 1.82) is 0 Å². The van der Waals surface area contributed by atoms with Crippen LogP contribution in [0.3, 0.4) is 0 Å². The first-order chi connectivity index (χ1) is 7.25. The molecule has 0 fully saturated rings. The highest BCUT2D eigenvalue weighted by atomic mass is 79.9. The summed E-state index contributed by atoms with van der Waals surface area (Å²) in [5, 5.41) is 5.19. The van der Waals surface area contributed by atoms with Crippen LogP contribution in [0, 0.1) is 0 Å². The Morgan fingerprint density at radius 1 is 1.40 bits per heavy atom. The molecule has 78 valence electrons. The second kappa shape index (κ2) is 4.96. The van der Waals surface area contributed by atoms with E-state index >= 15 is 0 Å². The van der Waals surface area contributed by atoms with E-state index in [0.717, 1.165) is 20.3 Å². The molecule has 2 heterocycles. The molecular formula is C10H8BrClN2S.